The number of amides is 1. The Balaban J connectivity index is 3.36. The zero-order chi connectivity index (χ0) is 11.7. The SMILES string of the molecule is CC(=O)C(=O)OCCCNC(=O)OCF. The molecule has 0 unspecified atom stereocenters. The fourth-order valence-corrected chi connectivity index (χ4v) is 0.630. The minimum atomic E-state index is -1.19. The van der Waals surface area contributed by atoms with Gasteiger partial charge in [0, 0.05) is 13.5 Å². The average molecular weight is 221 g/mol. The topological polar surface area (TPSA) is 81.7 Å². The number of hydrogen-bond donors (Lipinski definition) is 1. The molecule has 15 heavy (non-hydrogen) atoms. The maximum absolute atomic E-state index is 11.4. The molecule has 0 aromatic carbocycles. The van der Waals surface area contributed by atoms with Crippen LogP contribution in [0, 0.1) is 0 Å². The molecule has 0 bridgehead atoms. The van der Waals surface area contributed by atoms with Gasteiger partial charge in [-0.25, -0.2) is 14.0 Å². The molecule has 0 spiro atoms. The molecule has 0 rings (SSSR count). The smallest absolute Gasteiger partial charge is 0.409 e. The molecule has 0 aliphatic heterocycles. The molecule has 1 N–H and O–H groups in total. The summed E-state index contributed by atoms with van der Waals surface area (Å²) >= 11 is 0. The van der Waals surface area contributed by atoms with E-state index in [1.54, 1.807) is 0 Å². The molecule has 0 aliphatic carbocycles. The molecule has 0 aromatic rings. The van der Waals surface area contributed by atoms with Gasteiger partial charge in [-0.3, -0.25) is 4.79 Å². The molecule has 0 fully saturated rings. The first-order valence-corrected chi connectivity index (χ1v) is 4.22. The summed E-state index contributed by atoms with van der Waals surface area (Å²) in [5, 5.41) is 2.21. The summed E-state index contributed by atoms with van der Waals surface area (Å²) < 4.78 is 19.8. The van der Waals surface area contributed by atoms with Crippen LogP contribution in [-0.4, -0.2) is 37.9 Å². The lowest BCUT2D eigenvalue weighted by Crippen LogP contribution is -2.26. The third kappa shape index (κ3) is 7.41. The van der Waals surface area contributed by atoms with Crippen molar-refractivity contribution in [3.05, 3.63) is 0 Å². The third-order valence-electron chi connectivity index (χ3n) is 1.30. The third-order valence-corrected chi connectivity index (χ3v) is 1.30. The Hall–Kier alpha value is -1.66. The molecular formula is C8H12FNO5. The number of carbonyl (C=O) groups excluding carboxylic acids is 3. The largest absolute Gasteiger partial charge is 0.460 e. The van der Waals surface area contributed by atoms with E-state index in [0.717, 1.165) is 6.92 Å². The van der Waals surface area contributed by atoms with Gasteiger partial charge < -0.3 is 14.8 Å². The highest BCUT2D eigenvalue weighted by Crippen LogP contribution is 1.85. The number of alkyl halides is 1. The molecule has 0 saturated heterocycles. The monoisotopic (exact) mass is 221 g/mol. The molecule has 1 amide bonds. The molecule has 0 aromatic heterocycles. The van der Waals surface area contributed by atoms with Crippen LogP contribution >= 0.6 is 0 Å². The number of hydrogen-bond acceptors (Lipinski definition) is 5. The Morgan fingerprint density at radius 1 is 1.27 bits per heavy atom. The summed E-state index contributed by atoms with van der Waals surface area (Å²) in [6, 6.07) is 0. The molecule has 0 saturated carbocycles. The van der Waals surface area contributed by atoms with Crippen molar-refractivity contribution in [1.29, 1.82) is 0 Å². The predicted molar refractivity (Wildman–Crippen MR) is 46.7 cm³/mol. The van der Waals surface area contributed by atoms with Gasteiger partial charge in [0.2, 0.25) is 12.6 Å². The normalized spacial score (nSPS) is 9.20. The highest BCUT2D eigenvalue weighted by Gasteiger charge is 2.07. The van der Waals surface area contributed by atoms with Crippen LogP contribution in [-0.2, 0) is 19.1 Å². The van der Waals surface area contributed by atoms with E-state index in [0.29, 0.717) is 6.42 Å². The van der Waals surface area contributed by atoms with Crippen LogP contribution in [0.2, 0.25) is 0 Å². The van der Waals surface area contributed by atoms with Gasteiger partial charge in [-0.1, -0.05) is 0 Å². The van der Waals surface area contributed by atoms with Gasteiger partial charge in [-0.05, 0) is 6.42 Å². The van der Waals surface area contributed by atoms with E-state index in [-0.39, 0.29) is 13.2 Å². The lowest BCUT2D eigenvalue weighted by atomic mass is 10.4. The van der Waals surface area contributed by atoms with E-state index in [9.17, 15) is 18.8 Å². The van der Waals surface area contributed by atoms with Crippen LogP contribution in [0.25, 0.3) is 0 Å². The number of nitrogens with one attached hydrogen (secondary N) is 1. The van der Waals surface area contributed by atoms with Crippen molar-refractivity contribution in [2.75, 3.05) is 20.0 Å². The van der Waals surface area contributed by atoms with E-state index in [1.807, 2.05) is 0 Å². The van der Waals surface area contributed by atoms with E-state index in [2.05, 4.69) is 14.8 Å². The zero-order valence-electron chi connectivity index (χ0n) is 8.25. The van der Waals surface area contributed by atoms with Crippen LogP contribution in [0.15, 0.2) is 0 Å². The van der Waals surface area contributed by atoms with Gasteiger partial charge in [-0.2, -0.15) is 0 Å². The second-order valence-corrected chi connectivity index (χ2v) is 2.51. The molecule has 7 heteroatoms. The van der Waals surface area contributed by atoms with Gasteiger partial charge >= 0.3 is 12.1 Å². The quantitative estimate of drug-likeness (QED) is 0.392. The summed E-state index contributed by atoms with van der Waals surface area (Å²) in [7, 11) is 0. The molecule has 0 aliphatic rings. The van der Waals surface area contributed by atoms with Crippen molar-refractivity contribution in [1.82, 2.24) is 5.32 Å². The summed E-state index contributed by atoms with van der Waals surface area (Å²) in [5.41, 5.74) is 0. The van der Waals surface area contributed by atoms with Crippen molar-refractivity contribution in [2.45, 2.75) is 13.3 Å². The molecule has 86 valence electrons. The van der Waals surface area contributed by atoms with E-state index < -0.39 is 24.7 Å². The Morgan fingerprint density at radius 3 is 2.47 bits per heavy atom. The number of carbonyl (C=O) groups is 3. The Kier molecular flexibility index (Phi) is 6.86. The molecule has 0 atom stereocenters. The van der Waals surface area contributed by atoms with E-state index in [4.69, 9.17) is 0 Å². The first-order valence-electron chi connectivity index (χ1n) is 4.22. The number of ketones is 1. The Morgan fingerprint density at radius 2 is 1.93 bits per heavy atom. The summed E-state index contributed by atoms with van der Waals surface area (Å²) in [5.74, 6) is -1.60. The van der Waals surface area contributed by atoms with Crippen LogP contribution in [0.4, 0.5) is 9.18 Å². The number of esters is 1. The molecule has 6 nitrogen and oxygen atoms in total. The van der Waals surface area contributed by atoms with Crippen molar-refractivity contribution in [3.8, 4) is 0 Å². The van der Waals surface area contributed by atoms with Gasteiger partial charge in [0.25, 0.3) is 0 Å². The van der Waals surface area contributed by atoms with Crippen molar-refractivity contribution >= 4 is 17.8 Å². The van der Waals surface area contributed by atoms with Crippen molar-refractivity contribution in [2.24, 2.45) is 0 Å². The van der Waals surface area contributed by atoms with Gasteiger partial charge in [0.05, 0.1) is 6.61 Å². The van der Waals surface area contributed by atoms with E-state index in [1.165, 1.54) is 0 Å². The summed E-state index contributed by atoms with van der Waals surface area (Å²) in [6.07, 6.45) is -0.559. The maximum atomic E-state index is 11.4. The van der Waals surface area contributed by atoms with Crippen LogP contribution < -0.4 is 5.32 Å². The Bertz CT molecular complexity index is 243. The fraction of sp³-hybridized carbons (Fsp3) is 0.625. The second kappa shape index (κ2) is 7.72. The average Bonchev–Trinajstić information content (AvgIpc) is 2.17. The highest BCUT2D eigenvalue weighted by molar-refractivity contribution is 6.32. The second-order valence-electron chi connectivity index (χ2n) is 2.51. The zero-order valence-corrected chi connectivity index (χ0v) is 8.25. The first kappa shape index (κ1) is 13.3. The molecular weight excluding hydrogens is 209 g/mol. The van der Waals surface area contributed by atoms with Crippen LogP contribution in [0.5, 0.6) is 0 Å². The maximum Gasteiger partial charge on any atom is 0.409 e. The Labute approximate surface area is 85.7 Å². The predicted octanol–water partition coefficient (Wildman–Crippen LogP) is 0.162. The minimum absolute atomic E-state index is 0.00825. The van der Waals surface area contributed by atoms with Crippen molar-refractivity contribution in [3.63, 3.8) is 0 Å². The van der Waals surface area contributed by atoms with Crippen LogP contribution in [0.3, 0.4) is 0 Å². The number of rotatable bonds is 6. The van der Waals surface area contributed by atoms with Crippen LogP contribution in [0.1, 0.15) is 13.3 Å². The lowest BCUT2D eigenvalue weighted by Gasteiger charge is -2.04. The highest BCUT2D eigenvalue weighted by atomic mass is 19.1. The fourth-order valence-electron chi connectivity index (χ4n) is 0.630. The molecule has 0 heterocycles. The van der Waals surface area contributed by atoms with Gasteiger partial charge in [-0.15, -0.1) is 0 Å². The summed E-state index contributed by atoms with van der Waals surface area (Å²) in [4.78, 5) is 31.5. The number of Topliss-reactive ketones (excluding diaryl/α,β-unsaturated/α-hetero) is 1. The van der Waals surface area contributed by atoms with Gasteiger partial charge in [0.15, 0.2) is 0 Å². The van der Waals surface area contributed by atoms with Crippen molar-refractivity contribution < 1.29 is 28.2 Å². The van der Waals surface area contributed by atoms with E-state index >= 15 is 0 Å². The van der Waals surface area contributed by atoms with Gasteiger partial charge in [0.1, 0.15) is 0 Å². The first-order chi connectivity index (χ1) is 7.07. The molecule has 0 radical (unpaired) electrons. The summed E-state index contributed by atoms with van der Waals surface area (Å²) in [6.45, 7) is 0.0860. The minimum Gasteiger partial charge on any atom is -0.460 e. The number of halogens is 1. The number of alkyl carbamates (subject to hydrolysis) is 1. The lowest BCUT2D eigenvalue weighted by molar-refractivity contribution is -0.152. The number of ether oxygens (including phenoxy) is 2. The standard InChI is InChI=1S/C8H12FNO5/c1-6(11)7(12)14-4-2-3-10-8(13)15-5-9/h2-5H2,1H3,(H,10,13).